The zero-order valence-electron chi connectivity index (χ0n) is 10.00. The van der Waals surface area contributed by atoms with Crippen molar-refractivity contribution in [3.63, 3.8) is 0 Å². The number of nitrogens with two attached hydrogens (primary N) is 1. The highest BCUT2D eigenvalue weighted by Crippen LogP contribution is 2.42. The van der Waals surface area contributed by atoms with Crippen LogP contribution in [-0.4, -0.2) is 18.1 Å². The van der Waals surface area contributed by atoms with Gasteiger partial charge in [0.2, 0.25) is 0 Å². The molecule has 86 valence electrons. The highest BCUT2D eigenvalue weighted by molar-refractivity contribution is 5.07. The molecular weight excluding hydrogens is 184 g/mol. The van der Waals surface area contributed by atoms with Gasteiger partial charge >= 0.3 is 0 Å². The van der Waals surface area contributed by atoms with Crippen molar-refractivity contribution in [1.29, 1.82) is 0 Å². The minimum Gasteiger partial charge on any atom is -0.329 e. The monoisotopic (exact) mass is 208 g/mol. The van der Waals surface area contributed by atoms with Crippen LogP contribution in [0, 0.1) is 11.8 Å². The zero-order valence-corrected chi connectivity index (χ0v) is 10.00. The van der Waals surface area contributed by atoms with Gasteiger partial charge in [-0.15, -0.1) is 0 Å². The molecule has 0 spiro atoms. The van der Waals surface area contributed by atoms with Crippen molar-refractivity contribution in [2.75, 3.05) is 6.54 Å². The van der Waals surface area contributed by atoms with Gasteiger partial charge < -0.3 is 11.1 Å². The van der Waals surface area contributed by atoms with Crippen LogP contribution in [0.3, 0.4) is 0 Å². The molecule has 2 rings (SSSR count). The molecule has 0 aliphatic heterocycles. The molecule has 2 aliphatic carbocycles. The number of rotatable bonds is 4. The highest BCUT2D eigenvalue weighted by Gasteiger charge is 2.44. The summed E-state index contributed by atoms with van der Waals surface area (Å²) in [5.74, 6) is 1.70. The number of hydrogen-bond donors (Lipinski definition) is 2. The molecule has 0 unspecified atom stereocenters. The Morgan fingerprint density at radius 3 is 2.40 bits per heavy atom. The molecule has 2 heteroatoms. The first-order valence-electron chi connectivity index (χ1n) is 6.28. The van der Waals surface area contributed by atoms with E-state index in [2.05, 4.69) is 31.3 Å². The maximum Gasteiger partial charge on any atom is 0.0312 e. The molecule has 0 atom stereocenters. The van der Waals surface area contributed by atoms with Crippen LogP contribution in [0.25, 0.3) is 0 Å². The van der Waals surface area contributed by atoms with Crippen LogP contribution in [-0.2, 0) is 0 Å². The zero-order chi connectivity index (χ0) is 10.9. The van der Waals surface area contributed by atoms with E-state index in [0.29, 0.717) is 6.04 Å². The molecule has 0 aromatic carbocycles. The van der Waals surface area contributed by atoms with Gasteiger partial charge in [0, 0.05) is 18.1 Å². The maximum atomic E-state index is 5.93. The molecule has 0 heterocycles. The minimum absolute atomic E-state index is 0.269. The fourth-order valence-electron chi connectivity index (χ4n) is 2.93. The lowest BCUT2D eigenvalue weighted by atomic mass is 9.63. The molecule has 2 nitrogen and oxygen atoms in total. The maximum absolute atomic E-state index is 5.93. The van der Waals surface area contributed by atoms with Crippen LogP contribution in [0.5, 0.6) is 0 Å². The summed E-state index contributed by atoms with van der Waals surface area (Å²) in [6.07, 6.45) is 9.48. The molecule has 0 amide bonds. The van der Waals surface area contributed by atoms with E-state index in [9.17, 15) is 0 Å². The van der Waals surface area contributed by atoms with Crippen LogP contribution < -0.4 is 11.1 Å². The summed E-state index contributed by atoms with van der Waals surface area (Å²) in [5.41, 5.74) is 6.20. The van der Waals surface area contributed by atoms with Crippen LogP contribution >= 0.6 is 0 Å². The van der Waals surface area contributed by atoms with Gasteiger partial charge in [-0.25, -0.2) is 0 Å². The molecule has 1 fully saturated rings. The Bertz CT molecular complexity index is 231. The van der Waals surface area contributed by atoms with Gasteiger partial charge in [-0.3, -0.25) is 0 Å². The van der Waals surface area contributed by atoms with Gasteiger partial charge in [0.15, 0.2) is 0 Å². The van der Waals surface area contributed by atoms with Crippen LogP contribution in [0.4, 0.5) is 0 Å². The third-order valence-corrected chi connectivity index (χ3v) is 4.16. The largest absolute Gasteiger partial charge is 0.329 e. The summed E-state index contributed by atoms with van der Waals surface area (Å²) in [7, 11) is 0. The van der Waals surface area contributed by atoms with E-state index in [0.717, 1.165) is 18.4 Å². The molecule has 0 aromatic rings. The van der Waals surface area contributed by atoms with Gasteiger partial charge in [0.05, 0.1) is 0 Å². The first-order valence-corrected chi connectivity index (χ1v) is 6.28. The quantitative estimate of drug-likeness (QED) is 0.694. The molecule has 2 aliphatic rings. The Morgan fingerprint density at radius 2 is 1.93 bits per heavy atom. The molecule has 0 aromatic heterocycles. The number of hydrogen-bond acceptors (Lipinski definition) is 2. The Kier molecular flexibility index (Phi) is 3.17. The molecule has 1 saturated carbocycles. The molecule has 0 saturated heterocycles. The Morgan fingerprint density at radius 1 is 1.33 bits per heavy atom. The van der Waals surface area contributed by atoms with Crippen molar-refractivity contribution in [3.05, 3.63) is 12.2 Å². The first-order chi connectivity index (χ1) is 7.15. The summed E-state index contributed by atoms with van der Waals surface area (Å²) in [4.78, 5) is 0. The summed E-state index contributed by atoms with van der Waals surface area (Å²) >= 11 is 0. The van der Waals surface area contributed by atoms with E-state index >= 15 is 0 Å². The van der Waals surface area contributed by atoms with Crippen LogP contribution in [0.2, 0.25) is 0 Å². The molecule has 0 bridgehead atoms. The average molecular weight is 208 g/mol. The van der Waals surface area contributed by atoms with Crippen molar-refractivity contribution in [2.24, 2.45) is 17.6 Å². The van der Waals surface area contributed by atoms with E-state index < -0.39 is 0 Å². The predicted octanol–water partition coefficient (Wildman–Crippen LogP) is 2.06. The van der Waals surface area contributed by atoms with E-state index in [1.165, 1.54) is 25.7 Å². The van der Waals surface area contributed by atoms with E-state index in [1.54, 1.807) is 0 Å². The van der Waals surface area contributed by atoms with Crippen LogP contribution in [0.1, 0.15) is 39.5 Å². The first kappa shape index (κ1) is 11.2. The fraction of sp³-hybridized carbons (Fsp3) is 0.846. The van der Waals surface area contributed by atoms with Gasteiger partial charge in [-0.2, -0.15) is 0 Å². The SMILES string of the molecule is CC(C)C1CC(CN)(NC2CC=CC2)C1. The highest BCUT2D eigenvalue weighted by atomic mass is 15.1. The van der Waals surface area contributed by atoms with E-state index in [4.69, 9.17) is 5.73 Å². The van der Waals surface area contributed by atoms with Crippen molar-refractivity contribution in [1.82, 2.24) is 5.32 Å². The van der Waals surface area contributed by atoms with E-state index in [-0.39, 0.29) is 5.54 Å². The normalized spacial score (nSPS) is 36.1. The second-order valence-electron chi connectivity index (χ2n) is 5.68. The standard InChI is InChI=1S/C13H24N2/c1-10(2)11-7-13(8-11,9-14)15-12-5-3-4-6-12/h3-4,10-12,15H,5-9,14H2,1-2H3. The van der Waals surface area contributed by atoms with Gasteiger partial charge in [0.1, 0.15) is 0 Å². The van der Waals surface area contributed by atoms with Gasteiger partial charge in [-0.1, -0.05) is 26.0 Å². The topological polar surface area (TPSA) is 38.0 Å². The van der Waals surface area contributed by atoms with E-state index in [1.807, 2.05) is 0 Å². The lowest BCUT2D eigenvalue weighted by Crippen LogP contribution is -2.63. The summed E-state index contributed by atoms with van der Waals surface area (Å²) < 4.78 is 0. The Balaban J connectivity index is 1.83. The second-order valence-corrected chi connectivity index (χ2v) is 5.68. The van der Waals surface area contributed by atoms with Gasteiger partial charge in [0.25, 0.3) is 0 Å². The fourth-order valence-corrected chi connectivity index (χ4v) is 2.93. The van der Waals surface area contributed by atoms with Crippen molar-refractivity contribution in [2.45, 2.75) is 51.1 Å². The molecule has 0 radical (unpaired) electrons. The number of nitrogens with one attached hydrogen (secondary N) is 1. The summed E-state index contributed by atoms with van der Waals surface area (Å²) in [6, 6.07) is 0.654. The predicted molar refractivity (Wildman–Crippen MR) is 64.6 cm³/mol. The molecular formula is C13H24N2. The molecule has 3 N–H and O–H groups in total. The van der Waals surface area contributed by atoms with Crippen molar-refractivity contribution >= 4 is 0 Å². The Labute approximate surface area is 93.3 Å². The summed E-state index contributed by atoms with van der Waals surface area (Å²) in [5, 5.41) is 3.78. The molecule has 15 heavy (non-hydrogen) atoms. The van der Waals surface area contributed by atoms with Gasteiger partial charge in [-0.05, 0) is 37.5 Å². The third-order valence-electron chi connectivity index (χ3n) is 4.16. The van der Waals surface area contributed by atoms with Crippen molar-refractivity contribution < 1.29 is 0 Å². The summed E-state index contributed by atoms with van der Waals surface area (Å²) in [6.45, 7) is 5.44. The smallest absolute Gasteiger partial charge is 0.0312 e. The lowest BCUT2D eigenvalue weighted by molar-refractivity contribution is 0.0668. The second kappa shape index (κ2) is 4.26. The average Bonchev–Trinajstić information content (AvgIpc) is 2.62. The Hall–Kier alpha value is -0.340. The minimum atomic E-state index is 0.269. The third kappa shape index (κ3) is 2.26. The van der Waals surface area contributed by atoms with Crippen LogP contribution in [0.15, 0.2) is 12.2 Å². The van der Waals surface area contributed by atoms with Crippen molar-refractivity contribution in [3.8, 4) is 0 Å². The lowest BCUT2D eigenvalue weighted by Gasteiger charge is -2.51.